The van der Waals surface area contributed by atoms with Crippen molar-refractivity contribution in [2.75, 3.05) is 6.61 Å². The summed E-state index contributed by atoms with van der Waals surface area (Å²) in [5, 5.41) is 0. The van der Waals surface area contributed by atoms with Crippen molar-refractivity contribution in [3.05, 3.63) is 47.2 Å². The summed E-state index contributed by atoms with van der Waals surface area (Å²) in [5.41, 5.74) is 2.27. The fourth-order valence-electron chi connectivity index (χ4n) is 3.82. The summed E-state index contributed by atoms with van der Waals surface area (Å²) in [6.45, 7) is 8.83. The Hall–Kier alpha value is -1.98. The number of carbonyl (C=O) groups excluding carboxylic acids is 1. The Labute approximate surface area is 158 Å². The van der Waals surface area contributed by atoms with E-state index in [1.54, 1.807) is 13.8 Å². The molecule has 6 heteroatoms. The normalized spacial score (nSPS) is 23.0. The van der Waals surface area contributed by atoms with E-state index in [1.165, 1.54) is 0 Å². The summed E-state index contributed by atoms with van der Waals surface area (Å²) in [6.07, 6.45) is -1.94. The molecule has 0 aromatic heterocycles. The van der Waals surface area contributed by atoms with Gasteiger partial charge in [0.15, 0.2) is 5.76 Å². The first-order chi connectivity index (χ1) is 12.6. The van der Waals surface area contributed by atoms with E-state index in [4.69, 9.17) is 9.47 Å². The highest BCUT2D eigenvalue weighted by Crippen LogP contribution is 2.44. The van der Waals surface area contributed by atoms with E-state index in [-0.39, 0.29) is 18.3 Å². The predicted octanol–water partition coefficient (Wildman–Crippen LogP) is 5.61. The van der Waals surface area contributed by atoms with Gasteiger partial charge in [-0.1, -0.05) is 24.8 Å². The number of allylic oxidation sites excluding steroid dienone is 1. The Morgan fingerprint density at radius 2 is 1.93 bits per heavy atom. The number of hydrogen-bond donors (Lipinski definition) is 0. The maximum Gasteiger partial charge on any atom is 0.448 e. The monoisotopic (exact) mass is 384 g/mol. The van der Waals surface area contributed by atoms with Crippen LogP contribution in [0, 0.1) is 6.92 Å². The van der Waals surface area contributed by atoms with Crippen molar-refractivity contribution in [2.24, 2.45) is 0 Å². The third-order valence-corrected chi connectivity index (χ3v) is 5.19. The maximum absolute atomic E-state index is 12.7. The summed E-state index contributed by atoms with van der Waals surface area (Å²) < 4.78 is 48.5. The lowest BCUT2D eigenvalue weighted by Crippen LogP contribution is -2.35. The molecule has 0 spiro atoms. The van der Waals surface area contributed by atoms with Gasteiger partial charge in [-0.15, -0.1) is 0 Å². The van der Waals surface area contributed by atoms with Crippen LogP contribution in [0.3, 0.4) is 0 Å². The molecule has 3 nitrogen and oxygen atoms in total. The number of benzene rings is 1. The highest BCUT2D eigenvalue weighted by molar-refractivity contribution is 5.73. The van der Waals surface area contributed by atoms with Crippen molar-refractivity contribution in [1.82, 2.24) is 0 Å². The number of rotatable bonds is 6. The minimum atomic E-state index is -4.54. The van der Waals surface area contributed by atoms with Crippen LogP contribution in [0.15, 0.2) is 30.5 Å². The fraction of sp³-hybridized carbons (Fsp3) is 0.571. The minimum Gasteiger partial charge on any atom is -0.483 e. The number of alkyl halides is 3. The molecule has 0 N–H and O–H groups in total. The number of aryl methyl sites for hydroxylation is 1. The quantitative estimate of drug-likeness (QED) is 0.472. The van der Waals surface area contributed by atoms with Crippen molar-refractivity contribution in [1.29, 1.82) is 0 Å². The summed E-state index contributed by atoms with van der Waals surface area (Å²) in [7, 11) is 0. The van der Waals surface area contributed by atoms with Gasteiger partial charge in [-0.2, -0.15) is 13.2 Å². The van der Waals surface area contributed by atoms with Gasteiger partial charge in [0.2, 0.25) is 0 Å². The third-order valence-electron chi connectivity index (χ3n) is 5.19. The van der Waals surface area contributed by atoms with Crippen LogP contribution in [0.4, 0.5) is 13.2 Å². The second-order valence-corrected chi connectivity index (χ2v) is 7.38. The molecule has 0 radical (unpaired) electrons. The molecule has 0 aliphatic heterocycles. The Bertz CT molecular complexity index is 686. The molecule has 1 aromatic rings. The second kappa shape index (κ2) is 8.36. The molecule has 0 heterocycles. The van der Waals surface area contributed by atoms with Crippen LogP contribution in [0.5, 0.6) is 0 Å². The zero-order chi connectivity index (χ0) is 20.2. The second-order valence-electron chi connectivity index (χ2n) is 7.38. The van der Waals surface area contributed by atoms with Crippen LogP contribution < -0.4 is 0 Å². The Kier molecular flexibility index (Phi) is 6.60. The summed E-state index contributed by atoms with van der Waals surface area (Å²) >= 11 is 0. The van der Waals surface area contributed by atoms with Gasteiger partial charge in [0.05, 0.1) is 13.0 Å². The van der Waals surface area contributed by atoms with Gasteiger partial charge in [0.25, 0.3) is 0 Å². The van der Waals surface area contributed by atoms with Gasteiger partial charge in [-0.05, 0) is 69.1 Å². The molecule has 150 valence electrons. The van der Waals surface area contributed by atoms with Crippen LogP contribution in [-0.4, -0.2) is 24.4 Å². The van der Waals surface area contributed by atoms with Crippen LogP contribution in [-0.2, 0) is 20.7 Å². The molecule has 1 aliphatic carbocycles. The average molecular weight is 384 g/mol. The molecule has 1 aliphatic rings. The fourth-order valence-corrected chi connectivity index (χ4v) is 3.82. The van der Waals surface area contributed by atoms with Crippen LogP contribution >= 0.6 is 0 Å². The summed E-state index contributed by atoms with van der Waals surface area (Å²) in [6, 6.07) is 5.84. The molecule has 27 heavy (non-hydrogen) atoms. The number of halogens is 3. The molecule has 0 bridgehead atoms. The van der Waals surface area contributed by atoms with E-state index in [0.29, 0.717) is 32.3 Å². The summed E-state index contributed by atoms with van der Waals surface area (Å²) in [4.78, 5) is 11.9. The Morgan fingerprint density at radius 1 is 1.30 bits per heavy atom. The molecule has 2 rings (SSSR count). The molecular formula is C21H27F3O3. The van der Waals surface area contributed by atoms with Gasteiger partial charge in [-0.25, -0.2) is 0 Å². The standard InChI is InChI=1S/C21H27F3O3/c1-5-26-18(25)13-17-8-6-7-14(2)19(17)16-9-11-20(4,12-10-16)27-15(3)21(22,23)24/h6-8,16H,3,5,9-13H2,1-2,4H3. The van der Waals surface area contributed by atoms with Crippen molar-refractivity contribution in [3.63, 3.8) is 0 Å². The van der Waals surface area contributed by atoms with Crippen molar-refractivity contribution in [3.8, 4) is 0 Å². The largest absolute Gasteiger partial charge is 0.483 e. The minimum absolute atomic E-state index is 0.187. The lowest BCUT2D eigenvalue weighted by atomic mass is 9.74. The van der Waals surface area contributed by atoms with E-state index >= 15 is 0 Å². The van der Waals surface area contributed by atoms with Gasteiger partial charge in [0, 0.05) is 0 Å². The highest BCUT2D eigenvalue weighted by Gasteiger charge is 2.41. The van der Waals surface area contributed by atoms with Crippen molar-refractivity contribution >= 4 is 5.97 Å². The molecule has 0 unspecified atom stereocenters. The average Bonchev–Trinajstić information content (AvgIpc) is 2.55. The number of carbonyl (C=O) groups is 1. The zero-order valence-electron chi connectivity index (χ0n) is 16.1. The number of ether oxygens (including phenoxy) is 2. The first-order valence-electron chi connectivity index (χ1n) is 9.25. The number of esters is 1. The zero-order valence-corrected chi connectivity index (χ0v) is 16.1. The smallest absolute Gasteiger partial charge is 0.448 e. The SMILES string of the molecule is C=C(OC1(C)CCC(c2c(C)cccc2CC(=O)OCC)CC1)C(F)(F)F. The van der Waals surface area contributed by atoms with E-state index < -0.39 is 17.5 Å². The Balaban J connectivity index is 2.11. The van der Waals surface area contributed by atoms with Gasteiger partial charge in [-0.3, -0.25) is 4.79 Å². The first kappa shape index (κ1) is 21.3. The first-order valence-corrected chi connectivity index (χ1v) is 9.25. The highest BCUT2D eigenvalue weighted by atomic mass is 19.4. The third kappa shape index (κ3) is 5.50. The van der Waals surface area contributed by atoms with E-state index in [9.17, 15) is 18.0 Å². The molecule has 1 aromatic carbocycles. The molecule has 1 saturated carbocycles. The van der Waals surface area contributed by atoms with Crippen molar-refractivity contribution in [2.45, 2.75) is 70.6 Å². The molecule has 0 atom stereocenters. The van der Waals surface area contributed by atoms with E-state index in [2.05, 4.69) is 6.58 Å². The topological polar surface area (TPSA) is 35.5 Å². The summed E-state index contributed by atoms with van der Waals surface area (Å²) in [5.74, 6) is -1.22. The Morgan fingerprint density at radius 3 is 2.48 bits per heavy atom. The maximum atomic E-state index is 12.7. The molecular weight excluding hydrogens is 357 g/mol. The van der Waals surface area contributed by atoms with E-state index in [1.807, 2.05) is 25.1 Å². The lowest BCUT2D eigenvalue weighted by molar-refractivity contribution is -0.159. The molecule has 0 amide bonds. The van der Waals surface area contributed by atoms with Crippen molar-refractivity contribution < 1.29 is 27.4 Å². The van der Waals surface area contributed by atoms with Crippen LogP contribution in [0.1, 0.15) is 62.1 Å². The predicted molar refractivity (Wildman–Crippen MR) is 97.4 cm³/mol. The molecule has 0 saturated heterocycles. The lowest BCUT2D eigenvalue weighted by Gasteiger charge is -2.39. The van der Waals surface area contributed by atoms with Gasteiger partial charge < -0.3 is 9.47 Å². The van der Waals surface area contributed by atoms with E-state index in [0.717, 1.165) is 16.7 Å². The van der Waals surface area contributed by atoms with Crippen LogP contribution in [0.25, 0.3) is 0 Å². The van der Waals surface area contributed by atoms with Gasteiger partial charge in [0.1, 0.15) is 5.60 Å². The van der Waals surface area contributed by atoms with Gasteiger partial charge >= 0.3 is 12.1 Å². The number of hydrogen-bond acceptors (Lipinski definition) is 3. The van der Waals surface area contributed by atoms with Crippen LogP contribution in [0.2, 0.25) is 0 Å². The molecule has 1 fully saturated rings.